The van der Waals surface area contributed by atoms with E-state index in [9.17, 15) is 4.79 Å². The van der Waals surface area contributed by atoms with Gasteiger partial charge in [-0.15, -0.1) is 5.10 Å². The summed E-state index contributed by atoms with van der Waals surface area (Å²) >= 11 is 0. The van der Waals surface area contributed by atoms with Crippen molar-refractivity contribution in [3.8, 4) is 0 Å². The van der Waals surface area contributed by atoms with Crippen LogP contribution in [-0.4, -0.2) is 27.9 Å². The Hall–Kier alpha value is -2.26. The molecular weight excluding hydrogens is 180 g/mol. The fraction of sp³-hybridized carbons (Fsp3) is 0. The minimum Gasteiger partial charge on any atom is -0.283 e. The largest absolute Gasteiger partial charge is 0.283 e. The van der Waals surface area contributed by atoms with Gasteiger partial charge in [0.2, 0.25) is 11.9 Å². The number of hydrogen-bond acceptors (Lipinski definition) is 5. The van der Waals surface area contributed by atoms with Crippen molar-refractivity contribution < 1.29 is 4.79 Å². The Morgan fingerprint density at radius 3 is 3.00 bits per heavy atom. The van der Waals surface area contributed by atoms with Gasteiger partial charge in [-0.3, -0.25) is 4.79 Å². The van der Waals surface area contributed by atoms with E-state index in [4.69, 9.17) is 0 Å². The number of ketones is 1. The van der Waals surface area contributed by atoms with Crippen molar-refractivity contribution in [1.82, 2.24) is 10.2 Å². The number of Topliss-reactive ketones (excluding diaryl/α,β-unsaturated/α-hetero) is 1. The van der Waals surface area contributed by atoms with Crippen LogP contribution < -0.4 is 0 Å². The van der Waals surface area contributed by atoms with Gasteiger partial charge in [0, 0.05) is 11.3 Å². The molecule has 0 unspecified atom stereocenters. The Bertz CT molecular complexity index is 433. The van der Waals surface area contributed by atoms with Crippen LogP contribution in [0, 0.1) is 0 Å². The van der Waals surface area contributed by atoms with E-state index in [0.717, 1.165) is 0 Å². The summed E-state index contributed by atoms with van der Waals surface area (Å²) in [5.74, 6) is -0.292. The highest BCUT2D eigenvalue weighted by molar-refractivity contribution is 6.49. The molecule has 0 N–H and O–H groups in total. The molecule has 2 rings (SSSR count). The maximum Gasteiger partial charge on any atom is 0.254 e. The SMILES string of the molecule is O=C(C1=NN=[C+]C=C1)c1cccnn1. The van der Waals surface area contributed by atoms with Crippen LogP contribution in [0.15, 0.2) is 40.7 Å². The highest BCUT2D eigenvalue weighted by atomic mass is 16.1. The lowest BCUT2D eigenvalue weighted by Gasteiger charge is -1.93. The lowest BCUT2D eigenvalue weighted by molar-refractivity contribution is 0.106. The molecule has 14 heavy (non-hydrogen) atoms. The quantitative estimate of drug-likeness (QED) is 0.498. The minimum absolute atomic E-state index is 0.240. The average molecular weight is 185 g/mol. The molecule has 0 radical (unpaired) electrons. The van der Waals surface area contributed by atoms with Crippen LogP contribution in [0.25, 0.3) is 0 Å². The fourth-order valence-electron chi connectivity index (χ4n) is 0.941. The summed E-state index contributed by atoms with van der Waals surface area (Å²) in [5, 5.41) is 14.4. The molecule has 0 amide bonds. The van der Waals surface area contributed by atoms with E-state index in [0.29, 0.717) is 0 Å². The smallest absolute Gasteiger partial charge is 0.254 e. The summed E-state index contributed by atoms with van der Waals surface area (Å²) in [7, 11) is 0. The summed E-state index contributed by atoms with van der Waals surface area (Å²) in [6, 6.07) is 3.22. The van der Waals surface area contributed by atoms with Crippen molar-refractivity contribution >= 4 is 17.7 Å². The van der Waals surface area contributed by atoms with E-state index in [1.165, 1.54) is 18.3 Å². The molecular formula is C9H5N4O+. The van der Waals surface area contributed by atoms with Gasteiger partial charge in [-0.25, -0.2) is 0 Å². The van der Waals surface area contributed by atoms with Crippen molar-refractivity contribution in [2.75, 3.05) is 0 Å². The van der Waals surface area contributed by atoms with Crippen LogP contribution in [0.1, 0.15) is 10.5 Å². The van der Waals surface area contributed by atoms with Crippen molar-refractivity contribution in [2.24, 2.45) is 10.2 Å². The van der Waals surface area contributed by atoms with Gasteiger partial charge >= 0.3 is 0 Å². The fourth-order valence-corrected chi connectivity index (χ4v) is 0.941. The summed E-state index contributed by atoms with van der Waals surface area (Å²) in [5.41, 5.74) is 0.497. The van der Waals surface area contributed by atoms with Crippen LogP contribution >= 0.6 is 0 Å². The van der Waals surface area contributed by atoms with Crippen molar-refractivity contribution in [3.05, 3.63) is 36.2 Å². The number of aromatic nitrogens is 2. The molecule has 2 heterocycles. The zero-order chi connectivity index (χ0) is 9.80. The second kappa shape index (κ2) is 3.64. The zero-order valence-corrected chi connectivity index (χ0v) is 7.08. The second-order valence-electron chi connectivity index (χ2n) is 2.49. The van der Waals surface area contributed by atoms with Gasteiger partial charge in [0.15, 0.2) is 6.08 Å². The Labute approximate surface area is 79.9 Å². The molecule has 1 aliphatic heterocycles. The third-order valence-corrected chi connectivity index (χ3v) is 1.57. The van der Waals surface area contributed by atoms with E-state index in [-0.39, 0.29) is 17.2 Å². The molecule has 5 heteroatoms. The predicted octanol–water partition coefficient (Wildman–Crippen LogP) is 0.533. The van der Waals surface area contributed by atoms with Crippen LogP contribution in [0.2, 0.25) is 0 Å². The van der Waals surface area contributed by atoms with Gasteiger partial charge in [0.25, 0.3) is 5.78 Å². The predicted molar refractivity (Wildman–Crippen MR) is 50.4 cm³/mol. The Morgan fingerprint density at radius 1 is 1.43 bits per heavy atom. The van der Waals surface area contributed by atoms with E-state index < -0.39 is 0 Å². The first-order valence-corrected chi connectivity index (χ1v) is 3.90. The molecule has 5 nitrogen and oxygen atoms in total. The molecule has 0 saturated carbocycles. The summed E-state index contributed by atoms with van der Waals surface area (Å²) in [6.07, 6.45) is 7.05. The Balaban J connectivity index is 2.30. The molecule has 0 aliphatic carbocycles. The van der Waals surface area contributed by atoms with Gasteiger partial charge < -0.3 is 0 Å². The Morgan fingerprint density at radius 2 is 2.36 bits per heavy atom. The number of carbonyl (C=O) groups is 1. The number of carbonyl (C=O) groups excluding carboxylic acids is 1. The van der Waals surface area contributed by atoms with Crippen LogP contribution in [0.4, 0.5) is 0 Å². The molecule has 0 atom stereocenters. The molecule has 1 aromatic rings. The molecule has 66 valence electrons. The lowest BCUT2D eigenvalue weighted by atomic mass is 10.1. The first-order valence-electron chi connectivity index (χ1n) is 3.90. The van der Waals surface area contributed by atoms with Gasteiger partial charge in [-0.05, 0) is 12.1 Å². The first-order chi connectivity index (χ1) is 6.88. The highest BCUT2D eigenvalue weighted by Gasteiger charge is 2.19. The normalized spacial score (nSPS) is 13.3. The average Bonchev–Trinajstić information content (AvgIpc) is 2.30. The van der Waals surface area contributed by atoms with E-state index >= 15 is 0 Å². The number of hydrogen-bond donors (Lipinski definition) is 0. The lowest BCUT2D eigenvalue weighted by Crippen LogP contribution is -2.14. The van der Waals surface area contributed by atoms with Crippen LogP contribution in [0.5, 0.6) is 0 Å². The van der Waals surface area contributed by atoms with Crippen LogP contribution in [-0.2, 0) is 0 Å². The number of allylic oxidation sites excluding steroid dienone is 2. The third-order valence-electron chi connectivity index (χ3n) is 1.57. The van der Waals surface area contributed by atoms with Gasteiger partial charge in [-0.2, -0.15) is 5.10 Å². The summed E-state index contributed by atoms with van der Waals surface area (Å²) < 4.78 is 0. The highest BCUT2D eigenvalue weighted by Crippen LogP contribution is 1.99. The monoisotopic (exact) mass is 185 g/mol. The molecule has 0 aromatic carbocycles. The van der Waals surface area contributed by atoms with Crippen molar-refractivity contribution in [3.63, 3.8) is 0 Å². The molecule has 0 bridgehead atoms. The van der Waals surface area contributed by atoms with Crippen molar-refractivity contribution in [2.45, 2.75) is 0 Å². The maximum atomic E-state index is 11.6. The van der Waals surface area contributed by atoms with Crippen molar-refractivity contribution in [1.29, 1.82) is 0 Å². The van der Waals surface area contributed by atoms with E-state index in [1.54, 1.807) is 12.1 Å². The topological polar surface area (TPSA) is 67.6 Å². The van der Waals surface area contributed by atoms with Gasteiger partial charge in [0.05, 0.1) is 0 Å². The second-order valence-corrected chi connectivity index (χ2v) is 2.49. The van der Waals surface area contributed by atoms with Crippen LogP contribution in [0.3, 0.4) is 0 Å². The third kappa shape index (κ3) is 1.57. The van der Waals surface area contributed by atoms with E-state index in [2.05, 4.69) is 26.6 Å². The molecule has 0 fully saturated rings. The van der Waals surface area contributed by atoms with Gasteiger partial charge in [-0.1, -0.05) is 5.10 Å². The van der Waals surface area contributed by atoms with E-state index in [1.807, 2.05) is 0 Å². The number of nitrogens with zero attached hydrogens (tertiary/aromatic N) is 4. The molecule has 1 aliphatic rings. The molecule has 0 saturated heterocycles. The number of rotatable bonds is 2. The summed E-state index contributed by atoms with van der Waals surface area (Å²) in [6.45, 7) is 0. The minimum atomic E-state index is -0.292. The molecule has 1 aromatic heterocycles. The maximum absolute atomic E-state index is 11.6. The molecule has 0 spiro atoms. The zero-order valence-electron chi connectivity index (χ0n) is 7.08. The Kier molecular flexibility index (Phi) is 2.17. The summed E-state index contributed by atoms with van der Waals surface area (Å²) in [4.78, 5) is 11.6. The first kappa shape index (κ1) is 8.34. The van der Waals surface area contributed by atoms with Gasteiger partial charge in [0.1, 0.15) is 11.8 Å². The standard InChI is InChI=1S/C9H5N4O/c14-9(7-3-1-5-10-12-7)8-4-2-6-11-13-8/h1-5H/q+1.